The Hall–Kier alpha value is -4.14. The van der Waals surface area contributed by atoms with E-state index in [1.54, 1.807) is 50.5 Å². The standard InChI is InChI=1S/C27H21Cl2N5O3/c1-34(2)24(35)14-37-17-12-18(28)25(19(29)13-17)26-31-21-9-7-16(11-22(21)32-26)27(36)33-23-10-8-15-5-3-4-6-20(15)30-23/h3-13H,14H2,1-2H3,(H,31,32)(H,30,33,36). The molecule has 0 radical (unpaired) electrons. The number of ether oxygens (including phenoxy) is 1. The molecule has 0 aliphatic carbocycles. The molecule has 8 nitrogen and oxygen atoms in total. The van der Waals surface area contributed by atoms with Crippen molar-refractivity contribution in [2.45, 2.75) is 0 Å². The van der Waals surface area contributed by atoms with Crippen LogP contribution in [0.2, 0.25) is 10.0 Å². The lowest BCUT2D eigenvalue weighted by Gasteiger charge is -2.13. The summed E-state index contributed by atoms with van der Waals surface area (Å²) in [6.07, 6.45) is 0. The molecular weight excluding hydrogens is 513 g/mol. The number of halogens is 2. The predicted molar refractivity (Wildman–Crippen MR) is 145 cm³/mol. The van der Waals surface area contributed by atoms with Crippen LogP contribution in [-0.4, -0.2) is 52.4 Å². The van der Waals surface area contributed by atoms with Crippen molar-refractivity contribution >= 4 is 62.8 Å². The van der Waals surface area contributed by atoms with E-state index >= 15 is 0 Å². The number of fused-ring (bicyclic) bond motifs is 2. The first kappa shape index (κ1) is 24.5. The van der Waals surface area contributed by atoms with E-state index in [1.807, 2.05) is 30.3 Å². The molecule has 186 valence electrons. The number of para-hydroxylation sites is 1. The highest BCUT2D eigenvalue weighted by atomic mass is 35.5. The van der Waals surface area contributed by atoms with Gasteiger partial charge in [0.05, 0.1) is 32.2 Å². The van der Waals surface area contributed by atoms with E-state index in [1.165, 1.54) is 4.90 Å². The first-order valence-corrected chi connectivity index (χ1v) is 12.0. The third-order valence-electron chi connectivity index (χ3n) is 5.70. The number of carbonyl (C=O) groups is 2. The number of hydrogen-bond acceptors (Lipinski definition) is 5. The lowest BCUT2D eigenvalue weighted by Crippen LogP contribution is -2.27. The molecule has 2 heterocycles. The minimum Gasteiger partial charge on any atom is -0.484 e. The number of amides is 2. The summed E-state index contributed by atoms with van der Waals surface area (Å²) in [6.45, 7) is -0.136. The average molecular weight is 534 g/mol. The van der Waals surface area contributed by atoms with Gasteiger partial charge in [0.15, 0.2) is 6.61 Å². The monoisotopic (exact) mass is 533 g/mol. The second-order valence-corrected chi connectivity index (χ2v) is 9.31. The van der Waals surface area contributed by atoms with Gasteiger partial charge in [-0.15, -0.1) is 0 Å². The van der Waals surface area contributed by atoms with E-state index < -0.39 is 0 Å². The minimum atomic E-state index is -0.300. The van der Waals surface area contributed by atoms with Crippen molar-refractivity contribution in [3.63, 3.8) is 0 Å². The number of imidazole rings is 1. The van der Waals surface area contributed by atoms with Crippen LogP contribution in [0.3, 0.4) is 0 Å². The normalized spacial score (nSPS) is 11.0. The lowest BCUT2D eigenvalue weighted by molar-refractivity contribution is -0.130. The Bertz CT molecular complexity index is 1640. The zero-order valence-corrected chi connectivity index (χ0v) is 21.4. The van der Waals surface area contributed by atoms with Crippen molar-refractivity contribution in [3.05, 3.63) is 82.3 Å². The highest BCUT2D eigenvalue weighted by Crippen LogP contribution is 2.37. The number of hydrogen-bond donors (Lipinski definition) is 2. The summed E-state index contributed by atoms with van der Waals surface area (Å²) in [6, 6.07) is 19.6. The van der Waals surface area contributed by atoms with Crippen molar-refractivity contribution in [2.24, 2.45) is 0 Å². The number of nitrogens with one attached hydrogen (secondary N) is 2. The van der Waals surface area contributed by atoms with E-state index in [4.69, 9.17) is 27.9 Å². The van der Waals surface area contributed by atoms with E-state index in [9.17, 15) is 9.59 Å². The number of aromatic amines is 1. The number of benzene rings is 3. The summed E-state index contributed by atoms with van der Waals surface area (Å²) in [5.74, 6) is 0.777. The van der Waals surface area contributed by atoms with E-state index in [0.29, 0.717) is 49.6 Å². The molecule has 5 rings (SSSR count). The number of likely N-dealkylation sites (N-methyl/N-ethyl adjacent to an activating group) is 1. The van der Waals surface area contributed by atoms with Gasteiger partial charge < -0.3 is 19.9 Å². The Morgan fingerprint density at radius 2 is 1.70 bits per heavy atom. The Morgan fingerprint density at radius 1 is 0.946 bits per heavy atom. The third-order valence-corrected chi connectivity index (χ3v) is 6.29. The van der Waals surface area contributed by atoms with Crippen LogP contribution in [0.15, 0.2) is 66.7 Å². The highest BCUT2D eigenvalue weighted by molar-refractivity contribution is 6.39. The van der Waals surface area contributed by atoms with E-state index in [-0.39, 0.29) is 18.4 Å². The van der Waals surface area contributed by atoms with Gasteiger partial charge in [0, 0.05) is 25.0 Å². The Labute approximate surface area is 222 Å². The molecule has 0 saturated heterocycles. The van der Waals surface area contributed by atoms with Gasteiger partial charge >= 0.3 is 0 Å². The number of anilines is 1. The van der Waals surface area contributed by atoms with Crippen LogP contribution in [0.25, 0.3) is 33.3 Å². The molecule has 0 spiro atoms. The lowest BCUT2D eigenvalue weighted by atomic mass is 10.2. The number of aromatic nitrogens is 3. The predicted octanol–water partition coefficient (Wildman–Crippen LogP) is 5.80. The minimum absolute atomic E-state index is 0.136. The average Bonchev–Trinajstić information content (AvgIpc) is 3.29. The topological polar surface area (TPSA) is 100 Å². The van der Waals surface area contributed by atoms with Crippen molar-refractivity contribution in [1.29, 1.82) is 0 Å². The number of rotatable bonds is 6. The summed E-state index contributed by atoms with van der Waals surface area (Å²) >= 11 is 13.0. The first-order valence-electron chi connectivity index (χ1n) is 11.3. The quantitative estimate of drug-likeness (QED) is 0.287. The summed E-state index contributed by atoms with van der Waals surface area (Å²) in [5, 5.41) is 4.44. The summed E-state index contributed by atoms with van der Waals surface area (Å²) in [5.41, 5.74) is 2.99. The fourth-order valence-electron chi connectivity index (χ4n) is 3.73. The largest absolute Gasteiger partial charge is 0.484 e. The Balaban J connectivity index is 1.37. The van der Waals surface area contributed by atoms with Crippen molar-refractivity contribution in [1.82, 2.24) is 19.9 Å². The van der Waals surface area contributed by atoms with Gasteiger partial charge in [-0.1, -0.05) is 41.4 Å². The van der Waals surface area contributed by atoms with Gasteiger partial charge in [0.25, 0.3) is 11.8 Å². The molecule has 0 fully saturated rings. The van der Waals surface area contributed by atoms with Crippen LogP contribution in [-0.2, 0) is 4.79 Å². The van der Waals surface area contributed by atoms with Crippen LogP contribution < -0.4 is 10.1 Å². The molecule has 0 atom stereocenters. The van der Waals surface area contributed by atoms with Crippen LogP contribution in [0.1, 0.15) is 10.4 Å². The van der Waals surface area contributed by atoms with Crippen LogP contribution in [0.5, 0.6) is 5.75 Å². The van der Waals surface area contributed by atoms with E-state index in [0.717, 1.165) is 10.9 Å². The number of H-pyrrole nitrogens is 1. The molecule has 10 heteroatoms. The molecule has 2 N–H and O–H groups in total. The molecule has 5 aromatic rings. The number of pyridine rings is 1. The molecule has 2 amide bonds. The maximum atomic E-state index is 12.9. The van der Waals surface area contributed by atoms with Gasteiger partial charge in [-0.3, -0.25) is 9.59 Å². The molecule has 3 aromatic carbocycles. The molecule has 0 bridgehead atoms. The molecule has 0 aliphatic rings. The Morgan fingerprint density at radius 3 is 2.46 bits per heavy atom. The fourth-order valence-corrected chi connectivity index (χ4v) is 4.37. The smallest absolute Gasteiger partial charge is 0.259 e. The van der Waals surface area contributed by atoms with Crippen molar-refractivity contribution in [2.75, 3.05) is 26.0 Å². The second-order valence-electron chi connectivity index (χ2n) is 8.50. The summed E-state index contributed by atoms with van der Waals surface area (Å²) < 4.78 is 5.51. The zero-order chi connectivity index (χ0) is 26.1. The molecule has 37 heavy (non-hydrogen) atoms. The zero-order valence-electron chi connectivity index (χ0n) is 19.9. The fraction of sp³-hybridized carbons (Fsp3) is 0.111. The first-order chi connectivity index (χ1) is 17.8. The van der Waals surface area contributed by atoms with Gasteiger partial charge in [-0.05, 0) is 48.5 Å². The second kappa shape index (κ2) is 10.1. The number of carbonyl (C=O) groups excluding carboxylic acids is 2. The molecular formula is C27H21Cl2N5O3. The van der Waals surface area contributed by atoms with Gasteiger partial charge in [-0.25, -0.2) is 9.97 Å². The Kier molecular flexibility index (Phi) is 6.69. The van der Waals surface area contributed by atoms with Crippen LogP contribution >= 0.6 is 23.2 Å². The van der Waals surface area contributed by atoms with Gasteiger partial charge in [0.1, 0.15) is 17.4 Å². The molecule has 0 aliphatic heterocycles. The van der Waals surface area contributed by atoms with E-state index in [2.05, 4.69) is 20.3 Å². The summed E-state index contributed by atoms with van der Waals surface area (Å²) in [7, 11) is 3.29. The summed E-state index contributed by atoms with van der Waals surface area (Å²) in [4.78, 5) is 38.4. The highest BCUT2D eigenvalue weighted by Gasteiger charge is 2.17. The maximum absolute atomic E-state index is 12.9. The van der Waals surface area contributed by atoms with Gasteiger partial charge in [-0.2, -0.15) is 0 Å². The third kappa shape index (κ3) is 5.21. The molecule has 2 aromatic heterocycles. The van der Waals surface area contributed by atoms with Crippen LogP contribution in [0, 0.1) is 0 Å². The SMILES string of the molecule is CN(C)C(=O)COc1cc(Cl)c(-c2nc3ccc(C(=O)Nc4ccc5ccccc5n4)cc3[nH]2)c(Cl)c1. The molecule has 0 saturated carbocycles. The molecule has 0 unspecified atom stereocenters. The van der Waals surface area contributed by atoms with Crippen LogP contribution in [0.4, 0.5) is 5.82 Å². The maximum Gasteiger partial charge on any atom is 0.259 e. The van der Waals surface area contributed by atoms with Crippen molar-refractivity contribution in [3.8, 4) is 17.1 Å². The number of nitrogens with zero attached hydrogens (tertiary/aromatic N) is 3. The van der Waals surface area contributed by atoms with Crippen molar-refractivity contribution < 1.29 is 14.3 Å². The van der Waals surface area contributed by atoms with Gasteiger partial charge in [0.2, 0.25) is 0 Å².